The van der Waals surface area contributed by atoms with Gasteiger partial charge in [0.05, 0.1) is 15.7 Å². The molecule has 1 amide bonds. The number of carbonyl (C=O) groups is 2. The minimum atomic E-state index is -0.355. The van der Waals surface area contributed by atoms with Gasteiger partial charge in [0.25, 0.3) is 0 Å². The largest absolute Gasteiger partial charge is 0.454 e. The number of esters is 1. The average molecular weight is 489 g/mol. The van der Waals surface area contributed by atoms with Crippen LogP contribution in [0.4, 0.5) is 5.69 Å². The van der Waals surface area contributed by atoms with E-state index in [2.05, 4.69) is 21.2 Å². The van der Waals surface area contributed by atoms with Crippen molar-refractivity contribution in [3.63, 3.8) is 0 Å². The number of halogens is 3. The van der Waals surface area contributed by atoms with Gasteiger partial charge in [0, 0.05) is 28.9 Å². The maximum atomic E-state index is 11.8. The summed E-state index contributed by atoms with van der Waals surface area (Å²) in [7, 11) is 0. The molecular weight excluding hydrogens is 469 g/mol. The number of benzene rings is 2. The van der Waals surface area contributed by atoms with Crippen molar-refractivity contribution in [3.05, 3.63) is 44.8 Å². The fourth-order valence-electron chi connectivity index (χ4n) is 2.14. The van der Waals surface area contributed by atoms with Gasteiger partial charge in [-0.2, -0.15) is 0 Å². The maximum absolute atomic E-state index is 11.8. The number of hydrogen-bond donors (Lipinski definition) is 1. The Balaban J connectivity index is 2.18. The van der Waals surface area contributed by atoms with Crippen LogP contribution in [0.1, 0.15) is 33.6 Å². The summed E-state index contributed by atoms with van der Waals surface area (Å²) in [5.41, 5.74) is 0.626. The Morgan fingerprint density at radius 1 is 1.11 bits per heavy atom. The zero-order valence-corrected chi connectivity index (χ0v) is 18.7. The number of rotatable bonds is 7. The van der Waals surface area contributed by atoms with Crippen LogP contribution < -0.4 is 14.8 Å². The first-order valence-electron chi connectivity index (χ1n) is 8.69. The molecule has 0 unspecified atom stereocenters. The second kappa shape index (κ2) is 10.1. The maximum Gasteiger partial charge on any atom is 0.311 e. The molecule has 2 aromatic carbocycles. The standard InChI is InChI=1S/C20H20BrCl2NO4/c1-4-5-18(25)27-13-9-15(22)19(16(23)10-13)28-12-6-7-17(14(21)8-12)24-20(26)11(2)3/h6-11H,4-5H2,1-3H3,(H,24,26). The molecule has 8 heteroatoms. The molecule has 150 valence electrons. The number of anilines is 1. The Bertz CT molecular complexity index is 863. The van der Waals surface area contributed by atoms with E-state index in [0.717, 1.165) is 0 Å². The van der Waals surface area contributed by atoms with Crippen LogP contribution in [0.15, 0.2) is 34.8 Å². The Labute approximate surface area is 182 Å². The summed E-state index contributed by atoms with van der Waals surface area (Å²) in [4.78, 5) is 23.5. The molecule has 0 aliphatic rings. The van der Waals surface area contributed by atoms with Crippen LogP contribution in [0, 0.1) is 5.92 Å². The molecule has 0 fully saturated rings. The van der Waals surface area contributed by atoms with Gasteiger partial charge < -0.3 is 14.8 Å². The summed E-state index contributed by atoms with van der Waals surface area (Å²) >= 11 is 15.9. The molecule has 1 N–H and O–H groups in total. The molecule has 5 nitrogen and oxygen atoms in total. The first kappa shape index (κ1) is 22.5. The van der Waals surface area contributed by atoms with Crippen LogP contribution in [0.2, 0.25) is 10.0 Å². The molecule has 2 rings (SSSR count). The fraction of sp³-hybridized carbons (Fsp3) is 0.300. The van der Waals surface area contributed by atoms with Crippen LogP contribution in [-0.4, -0.2) is 11.9 Å². The first-order valence-corrected chi connectivity index (χ1v) is 10.2. The van der Waals surface area contributed by atoms with E-state index in [1.807, 2.05) is 20.8 Å². The SMILES string of the molecule is CCCC(=O)Oc1cc(Cl)c(Oc2ccc(NC(=O)C(C)C)c(Br)c2)c(Cl)c1. The number of carbonyl (C=O) groups excluding carboxylic acids is 2. The van der Waals surface area contributed by atoms with Gasteiger partial charge in [0.15, 0.2) is 5.75 Å². The van der Waals surface area contributed by atoms with Crippen LogP contribution in [0.5, 0.6) is 17.2 Å². The first-order chi connectivity index (χ1) is 13.2. The van der Waals surface area contributed by atoms with E-state index in [1.54, 1.807) is 18.2 Å². The molecule has 0 bridgehead atoms. The van der Waals surface area contributed by atoms with Crippen molar-refractivity contribution in [1.29, 1.82) is 0 Å². The highest BCUT2D eigenvalue weighted by Gasteiger charge is 2.15. The van der Waals surface area contributed by atoms with Crippen LogP contribution >= 0.6 is 39.1 Å². The second-order valence-electron chi connectivity index (χ2n) is 6.33. The quantitative estimate of drug-likeness (QED) is 0.342. The molecule has 0 aliphatic carbocycles. The van der Waals surface area contributed by atoms with Crippen molar-refractivity contribution in [3.8, 4) is 17.2 Å². The van der Waals surface area contributed by atoms with E-state index >= 15 is 0 Å². The predicted octanol–water partition coefficient (Wildman–Crippen LogP) is 6.85. The highest BCUT2D eigenvalue weighted by molar-refractivity contribution is 9.10. The van der Waals surface area contributed by atoms with Gasteiger partial charge in [0.2, 0.25) is 5.91 Å². The Morgan fingerprint density at radius 2 is 1.75 bits per heavy atom. The van der Waals surface area contributed by atoms with Gasteiger partial charge in [-0.3, -0.25) is 9.59 Å². The van der Waals surface area contributed by atoms with Crippen molar-refractivity contribution in [2.75, 3.05) is 5.32 Å². The van der Waals surface area contributed by atoms with E-state index in [9.17, 15) is 9.59 Å². The van der Waals surface area contributed by atoms with Crippen molar-refractivity contribution in [1.82, 2.24) is 0 Å². The van der Waals surface area contributed by atoms with E-state index in [0.29, 0.717) is 28.8 Å². The van der Waals surface area contributed by atoms with E-state index in [-0.39, 0.29) is 39.3 Å². The minimum absolute atomic E-state index is 0.0892. The zero-order chi connectivity index (χ0) is 20.8. The summed E-state index contributed by atoms with van der Waals surface area (Å²) in [5.74, 6) is 0.387. The highest BCUT2D eigenvalue weighted by Crippen LogP contribution is 2.40. The second-order valence-corrected chi connectivity index (χ2v) is 8.00. The third-order valence-corrected chi connectivity index (χ3v) is 4.82. The van der Waals surface area contributed by atoms with Crippen molar-refractivity contribution in [2.45, 2.75) is 33.6 Å². The molecule has 2 aromatic rings. The normalized spacial score (nSPS) is 10.7. The average Bonchev–Trinajstić information content (AvgIpc) is 2.60. The summed E-state index contributed by atoms with van der Waals surface area (Å²) in [5, 5.41) is 3.23. The van der Waals surface area contributed by atoms with Crippen molar-refractivity contribution in [2.24, 2.45) is 5.92 Å². The van der Waals surface area contributed by atoms with Gasteiger partial charge >= 0.3 is 5.97 Å². The van der Waals surface area contributed by atoms with Gasteiger partial charge in [-0.25, -0.2) is 0 Å². The third kappa shape index (κ3) is 6.12. The van der Waals surface area contributed by atoms with Crippen LogP contribution in [0.25, 0.3) is 0 Å². The van der Waals surface area contributed by atoms with Gasteiger partial charge in [-0.15, -0.1) is 0 Å². The van der Waals surface area contributed by atoms with E-state index in [1.165, 1.54) is 12.1 Å². The molecule has 0 saturated carbocycles. The Morgan fingerprint density at radius 3 is 2.29 bits per heavy atom. The fourth-order valence-corrected chi connectivity index (χ4v) is 3.14. The number of amides is 1. The molecule has 0 atom stereocenters. The summed E-state index contributed by atoms with van der Waals surface area (Å²) < 4.78 is 11.6. The Kier molecular flexibility index (Phi) is 8.16. The monoisotopic (exact) mass is 487 g/mol. The van der Waals surface area contributed by atoms with Crippen molar-refractivity contribution < 1.29 is 19.1 Å². The third-order valence-electron chi connectivity index (χ3n) is 3.60. The topological polar surface area (TPSA) is 64.6 Å². The van der Waals surface area contributed by atoms with E-state index < -0.39 is 0 Å². The molecule has 0 radical (unpaired) electrons. The van der Waals surface area contributed by atoms with Gasteiger partial charge in [-0.1, -0.05) is 44.0 Å². The van der Waals surface area contributed by atoms with Crippen molar-refractivity contribution >= 4 is 56.7 Å². The molecule has 0 spiro atoms. The molecule has 0 aliphatic heterocycles. The van der Waals surface area contributed by atoms with Crippen LogP contribution in [0.3, 0.4) is 0 Å². The molecule has 0 heterocycles. The number of ether oxygens (including phenoxy) is 2. The predicted molar refractivity (Wildman–Crippen MR) is 115 cm³/mol. The minimum Gasteiger partial charge on any atom is -0.454 e. The molecule has 28 heavy (non-hydrogen) atoms. The van der Waals surface area contributed by atoms with Gasteiger partial charge in [-0.05, 0) is 40.5 Å². The summed E-state index contributed by atoms with van der Waals surface area (Å²) in [6.07, 6.45) is 0.991. The van der Waals surface area contributed by atoms with Gasteiger partial charge in [0.1, 0.15) is 11.5 Å². The summed E-state index contributed by atoms with van der Waals surface area (Å²) in [6.45, 7) is 5.51. The molecule has 0 saturated heterocycles. The highest BCUT2D eigenvalue weighted by atomic mass is 79.9. The van der Waals surface area contributed by atoms with Crippen LogP contribution in [-0.2, 0) is 9.59 Å². The lowest BCUT2D eigenvalue weighted by atomic mass is 10.2. The molecular formula is C20H20BrCl2NO4. The lowest BCUT2D eigenvalue weighted by Crippen LogP contribution is -2.17. The smallest absolute Gasteiger partial charge is 0.311 e. The number of nitrogens with one attached hydrogen (secondary N) is 1. The lowest BCUT2D eigenvalue weighted by molar-refractivity contribution is -0.134. The zero-order valence-electron chi connectivity index (χ0n) is 15.6. The van der Waals surface area contributed by atoms with E-state index in [4.69, 9.17) is 32.7 Å². The molecule has 0 aromatic heterocycles. The summed E-state index contributed by atoms with van der Waals surface area (Å²) in [6, 6.07) is 8.04. The lowest BCUT2D eigenvalue weighted by Gasteiger charge is -2.14. The number of hydrogen-bond acceptors (Lipinski definition) is 4. The Hall–Kier alpha value is -1.76.